The molecule has 0 aliphatic rings. The number of hydrogen-bond donors (Lipinski definition) is 2. The first kappa shape index (κ1) is 13.4. The van der Waals surface area contributed by atoms with Crippen molar-refractivity contribution in [3.63, 3.8) is 0 Å². The minimum Gasteiger partial charge on any atom is -0.325 e. The Morgan fingerprint density at radius 1 is 1.19 bits per heavy atom. The number of nitrogens with one attached hydrogen (secondary N) is 2. The maximum atomic E-state index is 13.4. The third kappa shape index (κ3) is 2.97. The van der Waals surface area contributed by atoms with Gasteiger partial charge in [0.15, 0.2) is 5.95 Å². The topological polar surface area (TPSA) is 58.5 Å². The second kappa shape index (κ2) is 5.45. The van der Waals surface area contributed by atoms with Crippen LogP contribution in [0.3, 0.4) is 0 Å². The van der Waals surface area contributed by atoms with E-state index in [0.717, 1.165) is 11.4 Å². The van der Waals surface area contributed by atoms with Crippen molar-refractivity contribution in [2.75, 3.05) is 5.32 Å². The van der Waals surface area contributed by atoms with E-state index in [0.29, 0.717) is 16.0 Å². The van der Waals surface area contributed by atoms with E-state index >= 15 is 0 Å². The zero-order chi connectivity index (χ0) is 14.8. The van der Waals surface area contributed by atoms with E-state index in [1.807, 2.05) is 19.2 Å². The molecule has 3 heterocycles. The zero-order valence-electron chi connectivity index (χ0n) is 11.2. The summed E-state index contributed by atoms with van der Waals surface area (Å²) in [5.74, 6) is 1.00. The Balaban J connectivity index is 1.96. The minimum absolute atomic E-state index is 0.350. The van der Waals surface area contributed by atoms with Gasteiger partial charge in [0.2, 0.25) is 0 Å². The van der Waals surface area contributed by atoms with E-state index in [9.17, 15) is 4.39 Å². The number of anilines is 2. The average molecular weight is 301 g/mol. The van der Waals surface area contributed by atoms with Gasteiger partial charge in [0.05, 0.1) is 6.20 Å². The van der Waals surface area contributed by atoms with Crippen molar-refractivity contribution in [1.82, 2.24) is 19.7 Å². The molecule has 21 heavy (non-hydrogen) atoms. The fraction of sp³-hybridized carbons (Fsp3) is 0.0714. The van der Waals surface area contributed by atoms with E-state index in [1.165, 1.54) is 6.07 Å². The largest absolute Gasteiger partial charge is 0.325 e. The van der Waals surface area contributed by atoms with E-state index in [1.54, 1.807) is 29.2 Å². The van der Waals surface area contributed by atoms with Crippen LogP contribution in [0.2, 0.25) is 0 Å². The van der Waals surface area contributed by atoms with E-state index in [2.05, 4.69) is 20.4 Å². The van der Waals surface area contributed by atoms with Gasteiger partial charge in [-0.15, -0.1) is 0 Å². The molecule has 3 aromatic heterocycles. The van der Waals surface area contributed by atoms with Crippen LogP contribution in [0.1, 0.15) is 0 Å². The van der Waals surface area contributed by atoms with Gasteiger partial charge in [0, 0.05) is 19.3 Å². The van der Waals surface area contributed by atoms with Crippen LogP contribution in [0.15, 0.2) is 42.7 Å². The quantitative estimate of drug-likeness (QED) is 0.575. The van der Waals surface area contributed by atoms with E-state index in [4.69, 9.17) is 12.2 Å². The van der Waals surface area contributed by atoms with Crippen molar-refractivity contribution in [3.8, 4) is 11.1 Å². The molecule has 3 rings (SSSR count). The highest BCUT2D eigenvalue weighted by Crippen LogP contribution is 2.23. The van der Waals surface area contributed by atoms with Crippen molar-refractivity contribution in [3.05, 3.63) is 53.3 Å². The molecule has 0 radical (unpaired) electrons. The normalized spacial score (nSPS) is 10.6. The van der Waals surface area contributed by atoms with E-state index < -0.39 is 5.95 Å². The van der Waals surface area contributed by atoms with Gasteiger partial charge in [0.1, 0.15) is 16.3 Å². The molecule has 106 valence electrons. The Morgan fingerprint density at radius 3 is 2.76 bits per heavy atom. The van der Waals surface area contributed by atoms with Crippen LogP contribution < -0.4 is 5.32 Å². The number of halogens is 1. The van der Waals surface area contributed by atoms with Gasteiger partial charge in [-0.3, -0.25) is 4.68 Å². The highest BCUT2D eigenvalue weighted by atomic mass is 32.1. The molecule has 0 aliphatic carbocycles. The number of rotatable bonds is 3. The fourth-order valence-electron chi connectivity index (χ4n) is 1.98. The summed E-state index contributed by atoms with van der Waals surface area (Å²) in [4.78, 5) is 6.69. The highest BCUT2D eigenvalue weighted by molar-refractivity contribution is 7.71. The van der Waals surface area contributed by atoms with Crippen molar-refractivity contribution in [2.45, 2.75) is 0 Å². The van der Waals surface area contributed by atoms with Crippen LogP contribution in [0, 0.1) is 10.6 Å². The fourth-order valence-corrected chi connectivity index (χ4v) is 2.21. The second-order valence-corrected chi connectivity index (χ2v) is 4.92. The molecule has 0 saturated carbocycles. The van der Waals surface area contributed by atoms with Gasteiger partial charge >= 0.3 is 0 Å². The molecule has 0 fully saturated rings. The molecular formula is C14H12FN5S. The molecule has 7 heteroatoms. The molecular weight excluding hydrogens is 289 g/mol. The summed E-state index contributed by atoms with van der Waals surface area (Å²) in [5.41, 5.74) is 1.53. The lowest BCUT2D eigenvalue weighted by molar-refractivity contribution is 0.583. The molecule has 0 spiro atoms. The first-order valence-electron chi connectivity index (χ1n) is 6.23. The van der Waals surface area contributed by atoms with Gasteiger partial charge < -0.3 is 10.3 Å². The average Bonchev–Trinajstić information content (AvgIpc) is 2.84. The van der Waals surface area contributed by atoms with Crippen LogP contribution in [0.4, 0.5) is 16.0 Å². The number of pyridine rings is 2. The van der Waals surface area contributed by atoms with Crippen LogP contribution in [-0.4, -0.2) is 19.7 Å². The van der Waals surface area contributed by atoms with Gasteiger partial charge in [-0.2, -0.15) is 9.49 Å². The SMILES string of the molecule is Cn1nccc1Nc1cc(-c2cc(F)[nH]c(=S)c2)ccn1. The van der Waals surface area contributed by atoms with Crippen LogP contribution in [-0.2, 0) is 7.05 Å². The summed E-state index contributed by atoms with van der Waals surface area (Å²) in [6, 6.07) is 8.59. The third-order valence-electron chi connectivity index (χ3n) is 2.98. The van der Waals surface area contributed by atoms with E-state index in [-0.39, 0.29) is 0 Å². The Kier molecular flexibility index (Phi) is 3.49. The Morgan fingerprint density at radius 2 is 2.05 bits per heavy atom. The summed E-state index contributed by atoms with van der Waals surface area (Å²) in [6.45, 7) is 0. The summed E-state index contributed by atoms with van der Waals surface area (Å²) in [5, 5.41) is 7.23. The predicted molar refractivity (Wildman–Crippen MR) is 81.3 cm³/mol. The third-order valence-corrected chi connectivity index (χ3v) is 3.20. The Bertz CT molecular complexity index is 839. The number of nitrogens with zero attached hydrogens (tertiary/aromatic N) is 3. The van der Waals surface area contributed by atoms with Gasteiger partial charge in [0.25, 0.3) is 0 Å². The van der Waals surface area contributed by atoms with Gasteiger partial charge in [-0.1, -0.05) is 12.2 Å². The summed E-state index contributed by atoms with van der Waals surface area (Å²) >= 11 is 4.99. The molecule has 0 amide bonds. The van der Waals surface area contributed by atoms with Crippen LogP contribution in [0.25, 0.3) is 11.1 Å². The molecule has 5 nitrogen and oxygen atoms in total. The molecule has 0 unspecified atom stereocenters. The lowest BCUT2D eigenvalue weighted by Gasteiger charge is -2.08. The highest BCUT2D eigenvalue weighted by Gasteiger charge is 2.04. The summed E-state index contributed by atoms with van der Waals surface area (Å²) in [7, 11) is 1.83. The number of aromatic amines is 1. The van der Waals surface area contributed by atoms with Crippen molar-refractivity contribution in [1.29, 1.82) is 0 Å². The maximum Gasteiger partial charge on any atom is 0.192 e. The lowest BCUT2D eigenvalue weighted by atomic mass is 10.1. The maximum absolute atomic E-state index is 13.4. The standard InChI is InChI=1S/C14H12FN5S/c1-20-13(3-5-17-20)19-12-7-9(2-4-16-12)10-6-11(15)18-14(21)8-10/h2-8H,1H3,(H,16,19)(H,18,21). The summed E-state index contributed by atoms with van der Waals surface area (Å²) < 4.78 is 15.5. The molecule has 0 aromatic carbocycles. The molecule has 0 saturated heterocycles. The first-order chi connectivity index (χ1) is 10.1. The van der Waals surface area contributed by atoms with Crippen LogP contribution in [0.5, 0.6) is 0 Å². The van der Waals surface area contributed by atoms with Crippen molar-refractivity contribution >= 4 is 23.9 Å². The van der Waals surface area contributed by atoms with Gasteiger partial charge in [-0.25, -0.2) is 4.98 Å². The smallest absolute Gasteiger partial charge is 0.192 e. The molecule has 3 aromatic rings. The number of hydrogen-bond acceptors (Lipinski definition) is 4. The lowest BCUT2D eigenvalue weighted by Crippen LogP contribution is -2.00. The minimum atomic E-state index is -0.463. The van der Waals surface area contributed by atoms with Crippen molar-refractivity contribution < 1.29 is 4.39 Å². The molecule has 0 bridgehead atoms. The monoisotopic (exact) mass is 301 g/mol. The number of H-pyrrole nitrogens is 1. The van der Waals surface area contributed by atoms with Gasteiger partial charge in [-0.05, 0) is 35.4 Å². The Labute approximate surface area is 125 Å². The molecule has 2 N–H and O–H groups in total. The number of aromatic nitrogens is 4. The van der Waals surface area contributed by atoms with Crippen molar-refractivity contribution in [2.24, 2.45) is 7.05 Å². The second-order valence-electron chi connectivity index (χ2n) is 4.48. The molecule has 0 aliphatic heterocycles. The number of aryl methyl sites for hydroxylation is 1. The molecule has 0 atom stereocenters. The zero-order valence-corrected chi connectivity index (χ0v) is 12.0. The predicted octanol–water partition coefficient (Wildman–Crippen LogP) is 3.42. The first-order valence-corrected chi connectivity index (χ1v) is 6.64. The van der Waals surface area contributed by atoms with Crippen LogP contribution >= 0.6 is 12.2 Å². The Hall–Kier alpha value is -2.54. The summed E-state index contributed by atoms with van der Waals surface area (Å²) in [6.07, 6.45) is 3.35.